The fourth-order valence-electron chi connectivity index (χ4n) is 2.50. The highest BCUT2D eigenvalue weighted by molar-refractivity contribution is 4.70. The maximum atomic E-state index is 3.46. The highest BCUT2D eigenvalue weighted by Crippen LogP contribution is 2.24. The first kappa shape index (κ1) is 13.0. The molecule has 2 nitrogen and oxygen atoms in total. The van der Waals surface area contributed by atoms with Crippen LogP contribution in [0.25, 0.3) is 0 Å². The van der Waals surface area contributed by atoms with Crippen LogP contribution in [0.15, 0.2) is 0 Å². The summed E-state index contributed by atoms with van der Waals surface area (Å²) >= 11 is 0. The summed E-state index contributed by atoms with van der Waals surface area (Å²) in [5.41, 5.74) is 0. The van der Waals surface area contributed by atoms with Gasteiger partial charge in [0.2, 0.25) is 0 Å². The molecule has 0 heterocycles. The monoisotopic (exact) mass is 212 g/mol. The van der Waals surface area contributed by atoms with E-state index in [1.54, 1.807) is 0 Å². The van der Waals surface area contributed by atoms with Crippen LogP contribution in [-0.2, 0) is 0 Å². The van der Waals surface area contributed by atoms with E-state index in [0.29, 0.717) is 0 Å². The molecule has 1 saturated carbocycles. The number of nitrogens with zero attached hydrogens (tertiary/aromatic N) is 1. The molecule has 0 bridgehead atoms. The molecule has 15 heavy (non-hydrogen) atoms. The van der Waals surface area contributed by atoms with Crippen molar-refractivity contribution >= 4 is 0 Å². The zero-order valence-electron chi connectivity index (χ0n) is 10.6. The van der Waals surface area contributed by atoms with Gasteiger partial charge in [-0.2, -0.15) is 0 Å². The van der Waals surface area contributed by atoms with Crippen molar-refractivity contribution in [3.63, 3.8) is 0 Å². The van der Waals surface area contributed by atoms with Gasteiger partial charge >= 0.3 is 0 Å². The van der Waals surface area contributed by atoms with Crippen LogP contribution in [0, 0.1) is 5.92 Å². The van der Waals surface area contributed by atoms with Crippen molar-refractivity contribution < 1.29 is 0 Å². The summed E-state index contributed by atoms with van der Waals surface area (Å²) in [5.74, 6) is 0.999. The van der Waals surface area contributed by atoms with E-state index in [1.807, 2.05) is 0 Å². The van der Waals surface area contributed by atoms with Crippen LogP contribution in [0.3, 0.4) is 0 Å². The molecule has 0 aliphatic heterocycles. The largest absolute Gasteiger partial charge is 0.317 e. The highest BCUT2D eigenvalue weighted by atomic mass is 15.1. The summed E-state index contributed by atoms with van der Waals surface area (Å²) in [4.78, 5) is 2.52. The van der Waals surface area contributed by atoms with Gasteiger partial charge < -0.3 is 10.2 Å². The van der Waals surface area contributed by atoms with Gasteiger partial charge in [0.25, 0.3) is 0 Å². The Bertz CT molecular complexity index is 141. The maximum absolute atomic E-state index is 3.46. The molecule has 0 saturated heterocycles. The van der Waals surface area contributed by atoms with E-state index in [2.05, 4.69) is 24.2 Å². The third kappa shape index (κ3) is 6.16. The average molecular weight is 212 g/mol. The molecule has 1 fully saturated rings. The number of hydrogen-bond acceptors (Lipinski definition) is 2. The molecular formula is C13H28N2. The van der Waals surface area contributed by atoms with Crippen molar-refractivity contribution in [2.24, 2.45) is 5.92 Å². The van der Waals surface area contributed by atoms with E-state index >= 15 is 0 Å². The summed E-state index contributed by atoms with van der Waals surface area (Å²) in [7, 11) is 2.28. The normalized spacial score (nSPS) is 17.8. The Balaban J connectivity index is 1.91. The topological polar surface area (TPSA) is 15.3 Å². The summed E-state index contributed by atoms with van der Waals surface area (Å²) in [6.45, 7) is 7.16. The van der Waals surface area contributed by atoms with E-state index in [-0.39, 0.29) is 0 Å². The molecule has 90 valence electrons. The van der Waals surface area contributed by atoms with Gasteiger partial charge in [-0.05, 0) is 58.3 Å². The SMILES string of the molecule is CCCNCCCN(C)CC1CCCC1. The van der Waals surface area contributed by atoms with Crippen LogP contribution < -0.4 is 5.32 Å². The van der Waals surface area contributed by atoms with Crippen molar-refractivity contribution in [2.45, 2.75) is 45.4 Å². The zero-order chi connectivity index (χ0) is 10.9. The molecule has 0 aromatic heterocycles. The summed E-state index contributed by atoms with van der Waals surface area (Å²) in [6.07, 6.45) is 8.42. The minimum atomic E-state index is 0.999. The number of hydrogen-bond donors (Lipinski definition) is 1. The number of rotatable bonds is 8. The van der Waals surface area contributed by atoms with E-state index in [1.165, 1.54) is 64.7 Å². The second-order valence-electron chi connectivity index (χ2n) is 5.02. The molecule has 1 N–H and O–H groups in total. The molecule has 0 atom stereocenters. The Kier molecular flexibility index (Phi) is 7.03. The Morgan fingerprint density at radius 2 is 1.93 bits per heavy atom. The Labute approximate surface area is 95.4 Å². The molecule has 1 rings (SSSR count). The Morgan fingerprint density at radius 3 is 2.60 bits per heavy atom. The van der Waals surface area contributed by atoms with Crippen molar-refractivity contribution in [2.75, 3.05) is 33.2 Å². The van der Waals surface area contributed by atoms with Gasteiger partial charge in [-0.3, -0.25) is 0 Å². The first-order valence-electron chi connectivity index (χ1n) is 6.72. The van der Waals surface area contributed by atoms with Crippen LogP contribution >= 0.6 is 0 Å². The van der Waals surface area contributed by atoms with Crippen LogP contribution in [-0.4, -0.2) is 38.1 Å². The molecule has 0 aromatic rings. The quantitative estimate of drug-likeness (QED) is 0.622. The van der Waals surface area contributed by atoms with Crippen LogP contribution in [0.4, 0.5) is 0 Å². The smallest absolute Gasteiger partial charge is 0.000661 e. The molecule has 0 spiro atoms. The van der Waals surface area contributed by atoms with Crippen LogP contribution in [0.1, 0.15) is 45.4 Å². The second kappa shape index (κ2) is 8.12. The van der Waals surface area contributed by atoms with Crippen molar-refractivity contribution in [1.82, 2.24) is 10.2 Å². The molecule has 1 aliphatic carbocycles. The first-order chi connectivity index (χ1) is 7.33. The van der Waals surface area contributed by atoms with Gasteiger partial charge in [0.05, 0.1) is 0 Å². The van der Waals surface area contributed by atoms with E-state index in [9.17, 15) is 0 Å². The number of nitrogens with one attached hydrogen (secondary N) is 1. The summed E-state index contributed by atoms with van der Waals surface area (Å²) in [6, 6.07) is 0. The lowest BCUT2D eigenvalue weighted by Crippen LogP contribution is -2.28. The summed E-state index contributed by atoms with van der Waals surface area (Å²) in [5, 5.41) is 3.46. The molecule has 0 radical (unpaired) electrons. The van der Waals surface area contributed by atoms with Crippen molar-refractivity contribution in [3.05, 3.63) is 0 Å². The van der Waals surface area contributed by atoms with Gasteiger partial charge in [-0.25, -0.2) is 0 Å². The van der Waals surface area contributed by atoms with Crippen LogP contribution in [0.2, 0.25) is 0 Å². The lowest BCUT2D eigenvalue weighted by molar-refractivity contribution is 0.274. The van der Waals surface area contributed by atoms with E-state index in [4.69, 9.17) is 0 Å². The fourth-order valence-corrected chi connectivity index (χ4v) is 2.50. The minimum absolute atomic E-state index is 0.999. The third-order valence-corrected chi connectivity index (χ3v) is 3.36. The van der Waals surface area contributed by atoms with Gasteiger partial charge in [-0.1, -0.05) is 19.8 Å². The van der Waals surface area contributed by atoms with Crippen LogP contribution in [0.5, 0.6) is 0 Å². The molecular weight excluding hydrogens is 184 g/mol. The Hall–Kier alpha value is -0.0800. The fraction of sp³-hybridized carbons (Fsp3) is 1.00. The molecule has 2 heteroatoms. The predicted molar refractivity (Wildman–Crippen MR) is 67.2 cm³/mol. The van der Waals surface area contributed by atoms with Crippen molar-refractivity contribution in [3.8, 4) is 0 Å². The standard InChI is InChI=1S/C13H28N2/c1-3-9-14-10-6-11-15(2)12-13-7-4-5-8-13/h13-14H,3-12H2,1-2H3. The Morgan fingerprint density at radius 1 is 1.20 bits per heavy atom. The summed E-state index contributed by atoms with van der Waals surface area (Å²) < 4.78 is 0. The van der Waals surface area contributed by atoms with Gasteiger partial charge in [-0.15, -0.1) is 0 Å². The maximum Gasteiger partial charge on any atom is 0.000661 e. The van der Waals surface area contributed by atoms with Gasteiger partial charge in [0.15, 0.2) is 0 Å². The molecule has 0 amide bonds. The zero-order valence-corrected chi connectivity index (χ0v) is 10.6. The average Bonchev–Trinajstić information content (AvgIpc) is 2.70. The van der Waals surface area contributed by atoms with Gasteiger partial charge in [0.1, 0.15) is 0 Å². The third-order valence-electron chi connectivity index (χ3n) is 3.36. The van der Waals surface area contributed by atoms with E-state index < -0.39 is 0 Å². The predicted octanol–water partition coefficient (Wildman–Crippen LogP) is 2.50. The van der Waals surface area contributed by atoms with Gasteiger partial charge in [0, 0.05) is 6.54 Å². The molecule has 0 aromatic carbocycles. The lowest BCUT2D eigenvalue weighted by atomic mass is 10.1. The first-order valence-corrected chi connectivity index (χ1v) is 6.72. The molecule has 0 unspecified atom stereocenters. The second-order valence-corrected chi connectivity index (χ2v) is 5.02. The van der Waals surface area contributed by atoms with E-state index in [0.717, 1.165) is 5.92 Å². The molecule has 1 aliphatic rings. The lowest BCUT2D eigenvalue weighted by Gasteiger charge is -2.20. The minimum Gasteiger partial charge on any atom is -0.317 e. The van der Waals surface area contributed by atoms with Crippen molar-refractivity contribution in [1.29, 1.82) is 0 Å². The highest BCUT2D eigenvalue weighted by Gasteiger charge is 2.16.